The van der Waals surface area contributed by atoms with E-state index < -0.39 is 0 Å². The summed E-state index contributed by atoms with van der Waals surface area (Å²) >= 11 is 0. The molecule has 0 spiro atoms. The van der Waals surface area contributed by atoms with Gasteiger partial charge in [-0.25, -0.2) is 5.43 Å². The number of hydrogen-bond acceptors (Lipinski definition) is 3. The summed E-state index contributed by atoms with van der Waals surface area (Å²) in [6.07, 6.45) is 1.63. The smallest absolute Gasteiger partial charge is 0.259 e. The Kier molecular flexibility index (Phi) is 5.12. The Morgan fingerprint density at radius 2 is 1.77 bits per heavy atom. The predicted molar refractivity (Wildman–Crippen MR) is 102 cm³/mol. The molecule has 0 saturated carbocycles. The van der Waals surface area contributed by atoms with Crippen LogP contribution in [-0.2, 0) is 11.8 Å². The Balaban J connectivity index is 1.60. The molecule has 0 bridgehead atoms. The minimum atomic E-state index is -0.386. The van der Waals surface area contributed by atoms with Crippen LogP contribution in [0.4, 0.5) is 0 Å². The van der Waals surface area contributed by atoms with Crippen LogP contribution in [-0.4, -0.2) is 29.1 Å². The van der Waals surface area contributed by atoms with Gasteiger partial charge in [0.15, 0.2) is 0 Å². The van der Waals surface area contributed by atoms with E-state index in [1.165, 1.54) is 0 Å². The van der Waals surface area contributed by atoms with Gasteiger partial charge in [-0.1, -0.05) is 36.4 Å². The summed E-state index contributed by atoms with van der Waals surface area (Å²) in [6, 6.07) is 16.8. The van der Waals surface area contributed by atoms with Gasteiger partial charge in [-0.15, -0.1) is 0 Å². The van der Waals surface area contributed by atoms with Crippen molar-refractivity contribution in [3.63, 3.8) is 0 Å². The number of para-hydroxylation sites is 1. The van der Waals surface area contributed by atoms with Gasteiger partial charge in [-0.3, -0.25) is 9.59 Å². The fraction of sp³-hybridized carbons (Fsp3) is 0.150. The van der Waals surface area contributed by atoms with E-state index in [1.54, 1.807) is 30.5 Å². The number of carbonyl (C=O) groups excluding carboxylic acids is 2. The second kappa shape index (κ2) is 7.65. The number of aryl methyl sites for hydroxylation is 1. The topological polar surface area (TPSA) is 75.5 Å². The van der Waals surface area contributed by atoms with Crippen molar-refractivity contribution in [3.05, 3.63) is 71.4 Å². The maximum Gasteiger partial charge on any atom is 0.259 e. The zero-order valence-electron chi connectivity index (χ0n) is 14.7. The van der Waals surface area contributed by atoms with Crippen LogP contribution in [0.25, 0.3) is 10.9 Å². The van der Waals surface area contributed by atoms with Crippen LogP contribution in [0.2, 0.25) is 0 Å². The van der Waals surface area contributed by atoms with Gasteiger partial charge in [-0.05, 0) is 25.1 Å². The molecule has 3 aromatic rings. The van der Waals surface area contributed by atoms with E-state index >= 15 is 0 Å². The lowest BCUT2D eigenvalue weighted by Crippen LogP contribution is -2.34. The standard InChI is InChI=1S/C20H20N4O2/c1-14-17(16-10-6-7-11-18(16)24(14)2)12-22-23-19(25)13-21-20(26)15-8-4-3-5-9-15/h3-12H,13H2,1-2H3,(H,21,26)(H,23,25)/b22-12-. The molecule has 6 heteroatoms. The number of nitrogens with zero attached hydrogens (tertiary/aromatic N) is 2. The molecule has 0 saturated heterocycles. The molecule has 0 atom stereocenters. The van der Waals surface area contributed by atoms with E-state index in [9.17, 15) is 9.59 Å². The van der Waals surface area contributed by atoms with Crippen LogP contribution >= 0.6 is 0 Å². The van der Waals surface area contributed by atoms with Crippen molar-refractivity contribution in [2.24, 2.45) is 12.1 Å². The number of hydrazone groups is 1. The van der Waals surface area contributed by atoms with Gasteiger partial charge in [0.1, 0.15) is 0 Å². The van der Waals surface area contributed by atoms with E-state index in [4.69, 9.17) is 0 Å². The Morgan fingerprint density at radius 1 is 1.08 bits per heavy atom. The molecular formula is C20H20N4O2. The molecule has 0 aliphatic rings. The molecule has 3 rings (SSSR count). The molecule has 0 radical (unpaired) electrons. The Hall–Kier alpha value is -3.41. The van der Waals surface area contributed by atoms with E-state index in [1.807, 2.05) is 44.3 Å². The third-order valence-corrected chi connectivity index (χ3v) is 4.28. The molecule has 2 N–H and O–H groups in total. The Morgan fingerprint density at radius 3 is 2.54 bits per heavy atom. The number of carbonyl (C=O) groups is 2. The fourth-order valence-corrected chi connectivity index (χ4v) is 2.77. The summed E-state index contributed by atoms with van der Waals surface area (Å²) in [5.41, 5.74) is 6.07. The Labute approximate surface area is 151 Å². The monoisotopic (exact) mass is 348 g/mol. The van der Waals surface area contributed by atoms with Crippen molar-refractivity contribution in [2.45, 2.75) is 6.92 Å². The molecule has 0 unspecified atom stereocenters. The molecule has 2 amide bonds. The van der Waals surface area contributed by atoms with Gasteiger partial charge < -0.3 is 9.88 Å². The highest BCUT2D eigenvalue weighted by atomic mass is 16.2. The molecule has 1 aromatic heterocycles. The summed E-state index contributed by atoms with van der Waals surface area (Å²) in [7, 11) is 1.99. The van der Waals surface area contributed by atoms with Crippen molar-refractivity contribution in [1.29, 1.82) is 0 Å². The summed E-state index contributed by atoms with van der Waals surface area (Å²) in [5, 5.41) is 7.66. The van der Waals surface area contributed by atoms with Crippen molar-refractivity contribution in [1.82, 2.24) is 15.3 Å². The van der Waals surface area contributed by atoms with Crippen LogP contribution in [0.3, 0.4) is 0 Å². The summed E-state index contributed by atoms with van der Waals surface area (Å²) in [5.74, 6) is -0.682. The van der Waals surface area contributed by atoms with Crippen molar-refractivity contribution >= 4 is 28.9 Å². The first-order valence-electron chi connectivity index (χ1n) is 8.27. The van der Waals surface area contributed by atoms with Gasteiger partial charge in [0.25, 0.3) is 11.8 Å². The predicted octanol–water partition coefficient (Wildman–Crippen LogP) is 2.37. The summed E-state index contributed by atoms with van der Waals surface area (Å²) < 4.78 is 2.08. The number of benzene rings is 2. The maximum absolute atomic E-state index is 11.9. The summed E-state index contributed by atoms with van der Waals surface area (Å²) in [6.45, 7) is 1.86. The number of fused-ring (bicyclic) bond motifs is 1. The lowest BCUT2D eigenvalue weighted by Gasteiger charge is -2.04. The van der Waals surface area contributed by atoms with Crippen LogP contribution in [0.5, 0.6) is 0 Å². The highest BCUT2D eigenvalue weighted by Crippen LogP contribution is 2.22. The average molecular weight is 348 g/mol. The molecule has 132 valence electrons. The molecule has 6 nitrogen and oxygen atoms in total. The maximum atomic E-state index is 11.9. The molecule has 2 aromatic carbocycles. The lowest BCUT2D eigenvalue weighted by atomic mass is 10.1. The zero-order valence-corrected chi connectivity index (χ0v) is 14.7. The fourth-order valence-electron chi connectivity index (χ4n) is 2.77. The normalized spacial score (nSPS) is 11.0. The van der Waals surface area contributed by atoms with E-state index in [2.05, 4.69) is 20.4 Å². The third-order valence-electron chi connectivity index (χ3n) is 4.28. The van der Waals surface area contributed by atoms with Gasteiger partial charge in [-0.2, -0.15) is 5.10 Å². The van der Waals surface area contributed by atoms with Crippen LogP contribution in [0, 0.1) is 6.92 Å². The highest BCUT2D eigenvalue weighted by Gasteiger charge is 2.10. The van der Waals surface area contributed by atoms with Crippen molar-refractivity contribution in [2.75, 3.05) is 6.54 Å². The minimum absolute atomic E-state index is 0.139. The molecular weight excluding hydrogens is 328 g/mol. The number of aromatic nitrogens is 1. The zero-order chi connectivity index (χ0) is 18.5. The first-order chi connectivity index (χ1) is 12.6. The van der Waals surface area contributed by atoms with E-state index in [0.29, 0.717) is 5.56 Å². The van der Waals surface area contributed by atoms with E-state index in [-0.39, 0.29) is 18.4 Å². The molecule has 26 heavy (non-hydrogen) atoms. The molecule has 0 fully saturated rings. The molecule has 1 heterocycles. The summed E-state index contributed by atoms with van der Waals surface area (Å²) in [4.78, 5) is 23.8. The van der Waals surface area contributed by atoms with Crippen molar-refractivity contribution in [3.8, 4) is 0 Å². The lowest BCUT2D eigenvalue weighted by molar-refractivity contribution is -0.120. The number of nitrogens with one attached hydrogen (secondary N) is 2. The van der Waals surface area contributed by atoms with Gasteiger partial charge in [0.05, 0.1) is 12.8 Å². The van der Waals surface area contributed by atoms with Crippen LogP contribution < -0.4 is 10.7 Å². The Bertz CT molecular complexity index is 974. The first kappa shape index (κ1) is 17.4. The van der Waals surface area contributed by atoms with Gasteiger partial charge in [0, 0.05) is 34.8 Å². The molecule has 0 aliphatic carbocycles. The number of hydrogen-bond donors (Lipinski definition) is 2. The number of rotatable bonds is 5. The van der Waals surface area contributed by atoms with E-state index in [0.717, 1.165) is 22.2 Å². The molecule has 0 aliphatic heterocycles. The van der Waals surface area contributed by atoms with Crippen LogP contribution in [0.15, 0.2) is 59.7 Å². The minimum Gasteiger partial charge on any atom is -0.347 e. The van der Waals surface area contributed by atoms with Crippen LogP contribution in [0.1, 0.15) is 21.6 Å². The average Bonchev–Trinajstić information content (AvgIpc) is 2.92. The number of amides is 2. The van der Waals surface area contributed by atoms with Crippen molar-refractivity contribution < 1.29 is 9.59 Å². The quantitative estimate of drug-likeness (QED) is 0.549. The first-order valence-corrected chi connectivity index (χ1v) is 8.27. The SMILES string of the molecule is Cc1c(/C=N\NC(=O)CNC(=O)c2ccccc2)c2ccccc2n1C. The van der Waals surface area contributed by atoms with Gasteiger partial charge in [0.2, 0.25) is 0 Å². The third kappa shape index (κ3) is 3.64. The second-order valence-electron chi connectivity index (χ2n) is 5.92. The second-order valence-corrected chi connectivity index (χ2v) is 5.92. The highest BCUT2D eigenvalue weighted by molar-refractivity contribution is 6.01. The largest absolute Gasteiger partial charge is 0.347 e. The van der Waals surface area contributed by atoms with Gasteiger partial charge >= 0.3 is 0 Å².